The van der Waals surface area contributed by atoms with Gasteiger partial charge in [0, 0.05) is 70.1 Å². The van der Waals surface area contributed by atoms with E-state index in [4.69, 9.17) is 33.2 Å². The molecule has 2 unspecified atom stereocenters. The number of fused-ring (bicyclic) bond motifs is 1. The maximum absolute atomic E-state index is 13.4. The molecular formula is C84H101F2N7O16. The van der Waals surface area contributed by atoms with E-state index in [1.807, 2.05) is 194 Å². The molecule has 6 saturated heterocycles. The fourth-order valence-corrected chi connectivity index (χ4v) is 11.7. The SMILES string of the molecule is C.C1=CCNC1.C=C[C@@H]1CN(C(=O)OCc2ccccc2)C[C@@H]1F.C=C[C@@H]1CN(C(=O)OCc2ccccc2)C[C@H]1O.C=C[C@@H]1CN(C(=O)OCc2ccccc2)C[C@H]1O.O=C(OCc1ccccc1)N1CC2OC2C1.O=C(OCc1ccccc1)N1CC=CC1.O=C[C@@H]1CN(C(=O)OCc2ccccc2)C[C@@H]1F. The largest absolute Gasteiger partial charge is 0.445 e. The van der Waals surface area contributed by atoms with Crippen molar-refractivity contribution in [3.63, 3.8) is 0 Å². The van der Waals surface area contributed by atoms with Gasteiger partial charge in [0.15, 0.2) is 0 Å². The fraction of sp³-hybridized carbons (Fsp3) is 0.369. The van der Waals surface area contributed by atoms with Gasteiger partial charge in [-0.3, -0.25) is 0 Å². The molecule has 0 aliphatic carbocycles. The zero-order chi connectivity index (χ0) is 76.8. The molecule has 10 atom stereocenters. The minimum Gasteiger partial charge on any atom is -0.445 e. The van der Waals surface area contributed by atoms with Crippen molar-refractivity contribution < 1.29 is 85.7 Å². The number of benzene rings is 6. The monoisotopic (exact) mass is 1500 g/mol. The molecule has 6 aromatic carbocycles. The van der Waals surface area contributed by atoms with E-state index in [0.29, 0.717) is 78.4 Å². The average molecular weight is 1500 g/mol. The second kappa shape index (κ2) is 46.3. The molecule has 582 valence electrons. The number of nitrogens with zero attached hydrogens (tertiary/aromatic N) is 6. The number of alkyl halides is 2. The molecule has 0 bridgehead atoms. The fourth-order valence-electron chi connectivity index (χ4n) is 11.7. The van der Waals surface area contributed by atoms with E-state index in [1.165, 1.54) is 19.6 Å². The molecular weight excluding hydrogens is 1400 g/mol. The van der Waals surface area contributed by atoms with Crippen LogP contribution in [0.2, 0.25) is 0 Å². The van der Waals surface area contributed by atoms with E-state index in [1.54, 1.807) is 28.0 Å². The van der Waals surface area contributed by atoms with Gasteiger partial charge in [0.25, 0.3) is 0 Å². The smallest absolute Gasteiger partial charge is 0.410 e. The molecule has 8 aliphatic rings. The minimum atomic E-state index is -1.29. The first-order valence-electron chi connectivity index (χ1n) is 35.9. The predicted octanol–water partition coefficient (Wildman–Crippen LogP) is 12.6. The van der Waals surface area contributed by atoms with Gasteiger partial charge in [0.05, 0.1) is 57.4 Å². The van der Waals surface area contributed by atoms with Gasteiger partial charge in [-0.15, -0.1) is 19.7 Å². The number of aliphatic hydroxyl groups is 2. The predicted molar refractivity (Wildman–Crippen MR) is 408 cm³/mol. The molecule has 6 aromatic rings. The number of β-amino-alcohol motifs (C(OH)–C–C–N with tert-alkyl or cyclic N) is 2. The zero-order valence-electron chi connectivity index (χ0n) is 60.5. The molecule has 14 rings (SSSR count). The van der Waals surface area contributed by atoms with E-state index < -0.39 is 42.7 Å². The highest BCUT2D eigenvalue weighted by Gasteiger charge is 2.49. The second-order valence-corrected chi connectivity index (χ2v) is 26.2. The van der Waals surface area contributed by atoms with Gasteiger partial charge in [0.1, 0.15) is 70.5 Å². The van der Waals surface area contributed by atoms with Crippen LogP contribution in [-0.4, -0.2) is 211 Å². The van der Waals surface area contributed by atoms with Crippen molar-refractivity contribution in [1.29, 1.82) is 0 Å². The summed E-state index contributed by atoms with van der Waals surface area (Å²) >= 11 is 0. The molecule has 0 spiro atoms. The van der Waals surface area contributed by atoms with Crippen LogP contribution in [-0.2, 0) is 77.6 Å². The number of hydrogen-bond acceptors (Lipinski definition) is 17. The molecule has 0 radical (unpaired) electrons. The van der Waals surface area contributed by atoms with Crippen LogP contribution in [0, 0.1) is 23.7 Å². The van der Waals surface area contributed by atoms with Gasteiger partial charge in [-0.25, -0.2) is 37.5 Å². The van der Waals surface area contributed by atoms with Gasteiger partial charge < -0.3 is 82.9 Å². The Morgan fingerprint density at radius 2 is 0.615 bits per heavy atom. The van der Waals surface area contributed by atoms with Gasteiger partial charge >= 0.3 is 36.6 Å². The summed E-state index contributed by atoms with van der Waals surface area (Å²) in [5.41, 5.74) is 5.71. The number of nitrogens with one attached hydrogen (secondary N) is 1. The van der Waals surface area contributed by atoms with Crippen LogP contribution < -0.4 is 5.32 Å². The third-order valence-corrected chi connectivity index (χ3v) is 18.1. The van der Waals surface area contributed by atoms with Crippen LogP contribution in [0.4, 0.5) is 37.5 Å². The highest BCUT2D eigenvalue weighted by Crippen LogP contribution is 2.31. The van der Waals surface area contributed by atoms with Crippen molar-refractivity contribution in [3.8, 4) is 0 Å². The summed E-state index contributed by atoms with van der Waals surface area (Å²) < 4.78 is 62.9. The Morgan fingerprint density at radius 1 is 0.367 bits per heavy atom. The number of halogens is 2. The summed E-state index contributed by atoms with van der Waals surface area (Å²) in [6.07, 6.45) is 8.47. The van der Waals surface area contributed by atoms with Crippen molar-refractivity contribution in [2.45, 2.75) is 83.8 Å². The number of carbonyl (C=O) groups excluding carboxylic acids is 7. The summed E-state index contributed by atoms with van der Waals surface area (Å²) in [6.45, 7) is 19.2. The number of carbonyl (C=O) groups is 7. The zero-order valence-corrected chi connectivity index (χ0v) is 60.5. The van der Waals surface area contributed by atoms with Crippen LogP contribution in [0.15, 0.2) is 244 Å². The first-order valence-corrected chi connectivity index (χ1v) is 35.9. The van der Waals surface area contributed by atoms with Crippen molar-refractivity contribution >= 4 is 42.8 Å². The van der Waals surface area contributed by atoms with E-state index in [0.717, 1.165) is 46.5 Å². The Labute approximate surface area is 637 Å². The second-order valence-electron chi connectivity index (χ2n) is 26.2. The Hall–Kier alpha value is -11.0. The van der Waals surface area contributed by atoms with E-state index in [2.05, 4.69) is 37.2 Å². The van der Waals surface area contributed by atoms with Crippen molar-refractivity contribution in [2.75, 3.05) is 91.6 Å². The highest BCUT2D eigenvalue weighted by atomic mass is 19.1. The molecule has 109 heavy (non-hydrogen) atoms. The van der Waals surface area contributed by atoms with Crippen molar-refractivity contribution in [3.05, 3.63) is 278 Å². The summed E-state index contributed by atoms with van der Waals surface area (Å²) in [5.74, 6) is -1.13. The van der Waals surface area contributed by atoms with Crippen LogP contribution in [0.1, 0.15) is 40.8 Å². The summed E-state index contributed by atoms with van der Waals surface area (Å²) in [7, 11) is 0. The Balaban J connectivity index is 0.000000179. The Morgan fingerprint density at radius 3 is 0.853 bits per heavy atom. The third-order valence-electron chi connectivity index (χ3n) is 18.1. The van der Waals surface area contributed by atoms with Gasteiger partial charge in [-0.05, 0) is 33.4 Å². The molecule has 0 aromatic heterocycles. The van der Waals surface area contributed by atoms with Crippen molar-refractivity contribution in [2.24, 2.45) is 23.7 Å². The van der Waals surface area contributed by atoms with E-state index >= 15 is 0 Å². The topological polar surface area (TPSA) is 259 Å². The maximum atomic E-state index is 13.4. The van der Waals surface area contributed by atoms with Crippen LogP contribution >= 0.6 is 0 Å². The van der Waals surface area contributed by atoms with Crippen LogP contribution in [0.25, 0.3) is 0 Å². The minimum absolute atomic E-state index is 0. The molecule has 3 N–H and O–H groups in total. The summed E-state index contributed by atoms with van der Waals surface area (Å²) in [5, 5.41) is 22.5. The lowest BCUT2D eigenvalue weighted by Gasteiger charge is -2.16. The average Bonchev–Trinajstić information content (AvgIpc) is 1.63. The first kappa shape index (κ1) is 85.3. The Bertz CT molecular complexity index is 3470. The molecule has 25 heteroatoms. The standard InChI is InChI=1S/C14H16FNO2.2C14H17NO3.C13H14FNO3.C12H13NO3.C12H13NO2.C4H7N.CH4/c1-2-12-8-16(9-13(12)15)14(17)18-10-11-6-4-3-5-7-11;2*1-2-12-8-15(9-13(12)16)14(17)18-10-11-6-4-3-5-7-11;14-12-7-15(6-11(12)8-16)13(17)18-9-10-4-2-1-3-5-10;14-12(13-6-10-11(7-13)16-10)15-8-9-4-2-1-3-5-9;14-12(13-8-4-5-9-13)15-10-11-6-2-1-3-7-11;1-2-4-5-3-1;/h2-7,12-13H,1,8-10H2;2*2-7,12-13,16H,1,8-10H2;1-5,8,11-12H,6-7,9H2;1-5,10-11H,6-8H2;1-7H,8-10H2;1-2,5H,3-4H2;1H4/t12-,13+;2*12-,13-;11-,12-;;;;/m1110..../s1. The van der Waals surface area contributed by atoms with E-state index in [-0.39, 0.29) is 108 Å². The number of amides is 6. The number of aldehydes is 1. The van der Waals surface area contributed by atoms with E-state index in [9.17, 15) is 52.6 Å². The first-order chi connectivity index (χ1) is 52.5. The third kappa shape index (κ3) is 29.3. The van der Waals surface area contributed by atoms with Crippen LogP contribution in [0.5, 0.6) is 0 Å². The molecule has 8 heterocycles. The molecule has 0 saturated carbocycles. The number of aliphatic hydroxyl groups excluding tert-OH is 2. The van der Waals surface area contributed by atoms with Crippen molar-refractivity contribution in [1.82, 2.24) is 34.7 Å². The number of hydrogen-bond donors (Lipinski definition) is 3. The molecule has 6 amide bonds. The van der Waals surface area contributed by atoms with Gasteiger partial charge in [-0.2, -0.15) is 0 Å². The quantitative estimate of drug-likeness (QED) is 0.0352. The summed E-state index contributed by atoms with van der Waals surface area (Å²) in [4.78, 5) is 89.6. The molecule has 23 nitrogen and oxygen atoms in total. The van der Waals surface area contributed by atoms with Crippen LogP contribution in [0.3, 0.4) is 0 Å². The lowest BCUT2D eigenvalue weighted by molar-refractivity contribution is -0.111. The number of ether oxygens (including phenoxy) is 7. The molecule has 8 aliphatic heterocycles. The lowest BCUT2D eigenvalue weighted by atomic mass is 10.1. The number of likely N-dealkylation sites (tertiary alicyclic amines) is 5. The molecule has 6 fully saturated rings. The Kier molecular flexibility index (Phi) is 36.2. The van der Waals surface area contributed by atoms with Gasteiger partial charge in [0.2, 0.25) is 0 Å². The van der Waals surface area contributed by atoms with Gasteiger partial charge in [-0.1, -0.05) is 232 Å². The maximum Gasteiger partial charge on any atom is 0.410 e. The lowest BCUT2D eigenvalue weighted by Crippen LogP contribution is -2.32. The number of rotatable bonds is 16. The highest BCUT2D eigenvalue weighted by molar-refractivity contribution is 5.71. The number of epoxide rings is 1. The number of morpholine rings is 1. The summed E-state index contributed by atoms with van der Waals surface area (Å²) in [6, 6.07) is 57.0. The normalized spacial score (nSPS) is 21.9.